The Morgan fingerprint density at radius 1 is 1.05 bits per heavy atom. The van der Waals surface area contributed by atoms with Crippen LogP contribution in [0.2, 0.25) is 0 Å². The van der Waals surface area contributed by atoms with Gasteiger partial charge in [-0.1, -0.05) is 30.3 Å². The second kappa shape index (κ2) is 6.35. The van der Waals surface area contributed by atoms with E-state index in [1.807, 2.05) is 48.2 Å². The maximum atomic E-state index is 12.8. The Bertz CT molecular complexity index is 702. The van der Waals surface area contributed by atoms with Crippen molar-refractivity contribution in [1.82, 2.24) is 4.90 Å². The normalized spacial score (nSPS) is 12.0. The zero-order valence-electron chi connectivity index (χ0n) is 12.3. The summed E-state index contributed by atoms with van der Waals surface area (Å²) in [7, 11) is 0. The van der Waals surface area contributed by atoms with Crippen LogP contribution in [0.1, 0.15) is 34.5 Å². The second-order valence-electron chi connectivity index (χ2n) is 5.16. The fourth-order valence-corrected chi connectivity index (χ4v) is 2.43. The molecule has 0 N–H and O–H groups in total. The predicted molar refractivity (Wildman–Crippen MR) is 82.1 cm³/mol. The van der Waals surface area contributed by atoms with Gasteiger partial charge in [0.2, 0.25) is 0 Å². The Morgan fingerprint density at radius 2 is 1.77 bits per heavy atom. The lowest BCUT2D eigenvalue weighted by atomic mass is 10.1. The standard InChI is InChI=1S/C18H17NO3/c1-14(16-5-3-2-4-6-16)19(11-15-7-9-21-12-15)18(20)17-8-10-22-13-17/h2-10,12-14H,11H2,1H3/t14-/m0/s1. The summed E-state index contributed by atoms with van der Waals surface area (Å²) < 4.78 is 10.2. The molecule has 22 heavy (non-hydrogen) atoms. The van der Waals surface area contributed by atoms with Crippen LogP contribution in [0, 0.1) is 0 Å². The molecule has 0 saturated heterocycles. The van der Waals surface area contributed by atoms with Gasteiger partial charge in [-0.25, -0.2) is 0 Å². The Morgan fingerprint density at radius 3 is 2.41 bits per heavy atom. The summed E-state index contributed by atoms with van der Waals surface area (Å²) in [6.45, 7) is 2.50. The van der Waals surface area contributed by atoms with Gasteiger partial charge in [-0.15, -0.1) is 0 Å². The summed E-state index contributed by atoms with van der Waals surface area (Å²) in [6.07, 6.45) is 6.26. The number of amides is 1. The van der Waals surface area contributed by atoms with Gasteiger partial charge in [0, 0.05) is 12.1 Å². The summed E-state index contributed by atoms with van der Waals surface area (Å²) in [6, 6.07) is 13.5. The van der Waals surface area contributed by atoms with Crippen LogP contribution in [0.3, 0.4) is 0 Å². The van der Waals surface area contributed by atoms with E-state index in [9.17, 15) is 4.79 Å². The van der Waals surface area contributed by atoms with E-state index in [1.54, 1.807) is 18.6 Å². The van der Waals surface area contributed by atoms with Gasteiger partial charge >= 0.3 is 0 Å². The van der Waals surface area contributed by atoms with E-state index >= 15 is 0 Å². The number of rotatable bonds is 5. The topological polar surface area (TPSA) is 46.6 Å². The number of furan rings is 2. The SMILES string of the molecule is C[C@@H](c1ccccc1)N(Cc1ccoc1)C(=O)c1ccoc1. The molecule has 0 aliphatic carbocycles. The quantitative estimate of drug-likeness (QED) is 0.706. The van der Waals surface area contributed by atoms with Crippen LogP contribution in [0.25, 0.3) is 0 Å². The summed E-state index contributed by atoms with van der Waals surface area (Å²) in [5.74, 6) is -0.0636. The van der Waals surface area contributed by atoms with Gasteiger partial charge in [-0.2, -0.15) is 0 Å². The van der Waals surface area contributed by atoms with E-state index in [0.29, 0.717) is 12.1 Å². The molecule has 2 aromatic heterocycles. The predicted octanol–water partition coefficient (Wildman–Crippen LogP) is 4.28. The lowest BCUT2D eigenvalue weighted by Gasteiger charge is -2.29. The number of benzene rings is 1. The van der Waals surface area contributed by atoms with Crippen LogP contribution in [0.15, 0.2) is 76.4 Å². The van der Waals surface area contributed by atoms with Crippen molar-refractivity contribution in [2.75, 3.05) is 0 Å². The van der Waals surface area contributed by atoms with Crippen molar-refractivity contribution in [1.29, 1.82) is 0 Å². The first-order valence-electron chi connectivity index (χ1n) is 7.15. The Labute approximate surface area is 129 Å². The third-order valence-corrected chi connectivity index (χ3v) is 3.71. The van der Waals surface area contributed by atoms with E-state index in [2.05, 4.69) is 0 Å². The smallest absolute Gasteiger partial charge is 0.257 e. The molecule has 0 bridgehead atoms. The highest BCUT2D eigenvalue weighted by Gasteiger charge is 2.24. The molecule has 112 valence electrons. The molecule has 0 radical (unpaired) electrons. The van der Waals surface area contributed by atoms with E-state index in [1.165, 1.54) is 12.5 Å². The van der Waals surface area contributed by atoms with Crippen LogP contribution in [-0.2, 0) is 6.54 Å². The van der Waals surface area contributed by atoms with Crippen molar-refractivity contribution in [2.24, 2.45) is 0 Å². The van der Waals surface area contributed by atoms with Gasteiger partial charge in [0.15, 0.2) is 0 Å². The van der Waals surface area contributed by atoms with E-state index in [-0.39, 0.29) is 11.9 Å². The Hall–Kier alpha value is -2.75. The first-order chi connectivity index (χ1) is 10.8. The molecule has 1 aromatic carbocycles. The zero-order chi connectivity index (χ0) is 15.4. The van der Waals surface area contributed by atoms with Gasteiger partial charge in [0.05, 0.1) is 30.4 Å². The molecule has 2 heterocycles. The van der Waals surface area contributed by atoms with E-state index in [4.69, 9.17) is 8.83 Å². The highest BCUT2D eigenvalue weighted by atomic mass is 16.3. The van der Waals surface area contributed by atoms with Crippen LogP contribution in [0.5, 0.6) is 0 Å². The molecule has 3 aromatic rings. The highest BCUT2D eigenvalue weighted by molar-refractivity contribution is 5.94. The number of nitrogens with zero attached hydrogens (tertiary/aromatic N) is 1. The van der Waals surface area contributed by atoms with Crippen LogP contribution in [-0.4, -0.2) is 10.8 Å². The molecule has 1 amide bonds. The third kappa shape index (κ3) is 2.96. The fourth-order valence-electron chi connectivity index (χ4n) is 2.43. The summed E-state index contributed by atoms with van der Waals surface area (Å²) in [5.41, 5.74) is 2.59. The monoisotopic (exact) mass is 295 g/mol. The lowest BCUT2D eigenvalue weighted by molar-refractivity contribution is 0.0673. The van der Waals surface area contributed by atoms with Crippen molar-refractivity contribution in [2.45, 2.75) is 19.5 Å². The summed E-state index contributed by atoms with van der Waals surface area (Å²) in [5, 5.41) is 0. The van der Waals surface area contributed by atoms with Crippen LogP contribution < -0.4 is 0 Å². The zero-order valence-corrected chi connectivity index (χ0v) is 12.3. The molecule has 4 nitrogen and oxygen atoms in total. The van der Waals surface area contributed by atoms with Crippen LogP contribution >= 0.6 is 0 Å². The summed E-state index contributed by atoms with van der Waals surface area (Å²) >= 11 is 0. The van der Waals surface area contributed by atoms with Crippen molar-refractivity contribution < 1.29 is 13.6 Å². The number of carbonyl (C=O) groups excluding carboxylic acids is 1. The number of hydrogen-bond donors (Lipinski definition) is 0. The maximum Gasteiger partial charge on any atom is 0.257 e. The molecule has 3 rings (SSSR count). The first kappa shape index (κ1) is 14.2. The van der Waals surface area contributed by atoms with E-state index in [0.717, 1.165) is 11.1 Å². The van der Waals surface area contributed by atoms with Gasteiger partial charge in [-0.05, 0) is 24.6 Å². The lowest BCUT2D eigenvalue weighted by Crippen LogP contribution is -2.32. The van der Waals surface area contributed by atoms with Crippen molar-refractivity contribution in [3.8, 4) is 0 Å². The average Bonchev–Trinajstić information content (AvgIpc) is 3.25. The van der Waals surface area contributed by atoms with Gasteiger partial charge in [0.25, 0.3) is 5.91 Å². The molecule has 0 fully saturated rings. The molecule has 4 heteroatoms. The largest absolute Gasteiger partial charge is 0.472 e. The van der Waals surface area contributed by atoms with E-state index < -0.39 is 0 Å². The molecule has 0 spiro atoms. The third-order valence-electron chi connectivity index (χ3n) is 3.71. The molecular weight excluding hydrogens is 278 g/mol. The Kier molecular flexibility index (Phi) is 4.10. The first-order valence-corrected chi connectivity index (χ1v) is 7.15. The van der Waals surface area contributed by atoms with Crippen molar-refractivity contribution in [3.05, 3.63) is 84.2 Å². The van der Waals surface area contributed by atoms with Crippen molar-refractivity contribution >= 4 is 5.91 Å². The van der Waals surface area contributed by atoms with Gasteiger partial charge < -0.3 is 13.7 Å². The van der Waals surface area contributed by atoms with Gasteiger partial charge in [0.1, 0.15) is 6.26 Å². The number of hydrogen-bond acceptors (Lipinski definition) is 3. The van der Waals surface area contributed by atoms with Gasteiger partial charge in [-0.3, -0.25) is 4.79 Å². The van der Waals surface area contributed by atoms with Crippen LogP contribution in [0.4, 0.5) is 0 Å². The maximum absolute atomic E-state index is 12.8. The second-order valence-corrected chi connectivity index (χ2v) is 5.16. The molecular formula is C18H17NO3. The highest BCUT2D eigenvalue weighted by Crippen LogP contribution is 2.24. The number of carbonyl (C=O) groups is 1. The summed E-state index contributed by atoms with van der Waals surface area (Å²) in [4.78, 5) is 14.6. The molecule has 0 unspecified atom stereocenters. The minimum Gasteiger partial charge on any atom is -0.472 e. The molecule has 0 aliphatic heterocycles. The average molecular weight is 295 g/mol. The van der Waals surface area contributed by atoms with Crippen molar-refractivity contribution in [3.63, 3.8) is 0 Å². The molecule has 0 saturated carbocycles. The minimum absolute atomic E-state index is 0.0569. The molecule has 1 atom stereocenters. The molecule has 0 aliphatic rings. The Balaban J connectivity index is 1.90. The minimum atomic E-state index is -0.0636. The fraction of sp³-hybridized carbons (Fsp3) is 0.167.